The van der Waals surface area contributed by atoms with Gasteiger partial charge in [-0.1, -0.05) is 0 Å². The summed E-state index contributed by atoms with van der Waals surface area (Å²) < 4.78 is 104. The van der Waals surface area contributed by atoms with Gasteiger partial charge in [-0.3, -0.25) is 0 Å². The van der Waals surface area contributed by atoms with Crippen LogP contribution in [-0.4, -0.2) is 450 Å². The van der Waals surface area contributed by atoms with Gasteiger partial charge in [-0.05, 0) is 13.8 Å². The van der Waals surface area contributed by atoms with Crippen molar-refractivity contribution in [2.75, 3.05) is 46.2 Å². The molecule has 0 radical (unpaired) electrons. The Morgan fingerprint density at radius 1 is 0.196 bits per heavy atom. The van der Waals surface area contributed by atoms with Crippen LogP contribution in [0.3, 0.4) is 0 Å². The van der Waals surface area contributed by atoms with Crippen molar-refractivity contribution in [1.82, 2.24) is 0 Å². The SMILES string of the molecule is C[C@@H]1O[C@H](OC[C@H]2O[C@@H]3O[C@H]4[C@H](O)[C@@H](O)[C@@H](O[C@H]5[C@H](O)[C@@H](O)[C@@H](O[C@H]6[C@H](O)[C@@H](O)[C@@H](O[C@H]7[C@H](O)[C@@H](O)[C@@H](O[C@H]8[C@H](O)[C@@H](O)[C@@H](O[C@H]9[C@H](O)[C@@H](O)[C@@H](O[C@H]2[C@H](O)[C@H]3O)O[C@@H]9CO)O[C@@H]8CO[C@H]2O[C@@H](C)[C@@H](O)[C@@H](O)[C@@H]2O)O[C@@H]7CO)O[C@@H]6CO)O[C@@H]5CO)O[C@@H]4CO)[C@@H](O)[C@H](O)[C@@H]1O. The van der Waals surface area contributed by atoms with Crippen molar-refractivity contribution in [2.45, 2.75) is 290 Å². The summed E-state index contributed by atoms with van der Waals surface area (Å²) in [6.45, 7) is -4.93. The maximum Gasteiger partial charge on any atom is 0.187 e. The van der Waals surface area contributed by atoms with E-state index in [0.717, 1.165) is 0 Å². The molecule has 0 aliphatic carbocycles. The van der Waals surface area contributed by atoms with Crippen molar-refractivity contribution in [3.8, 4) is 0 Å². The maximum absolute atomic E-state index is 11.9. The van der Waals surface area contributed by atoms with Gasteiger partial charge in [0.2, 0.25) is 0 Å². The van der Waals surface area contributed by atoms with Gasteiger partial charge in [-0.25, -0.2) is 0 Å². The van der Waals surface area contributed by atoms with Crippen LogP contribution in [0.15, 0.2) is 0 Å². The van der Waals surface area contributed by atoms with Crippen molar-refractivity contribution in [1.29, 1.82) is 0 Å². The van der Waals surface area contributed by atoms with Gasteiger partial charge in [-0.2, -0.15) is 0 Å². The molecule has 564 valence electrons. The van der Waals surface area contributed by atoms with E-state index in [-0.39, 0.29) is 0 Å². The predicted octanol–water partition coefficient (Wildman–Crippen LogP) is -17.5. The van der Waals surface area contributed by atoms with Gasteiger partial charge in [0.25, 0.3) is 0 Å². The Morgan fingerprint density at radius 3 is 0.557 bits per heavy atom. The number of aliphatic hydroxyl groups is 25. The molecule has 23 heterocycles. The molecule has 23 saturated heterocycles. The Kier molecular flexibility index (Phi) is 26.3. The first-order valence-electron chi connectivity index (χ1n) is 31.3. The molecule has 0 amide bonds. The average molecular weight is 1430 g/mol. The summed E-state index contributed by atoms with van der Waals surface area (Å²) in [4.78, 5) is 0. The summed E-state index contributed by atoms with van der Waals surface area (Å²) in [5.74, 6) is 0. The van der Waals surface area contributed by atoms with Crippen LogP contribution < -0.4 is 0 Å². The molecule has 23 rings (SSSR count). The summed E-state index contributed by atoms with van der Waals surface area (Å²) in [7, 11) is 0. The second kappa shape index (κ2) is 32.7. The lowest BCUT2D eigenvalue weighted by Crippen LogP contribution is -2.68. The largest absolute Gasteiger partial charge is 0.394 e. The van der Waals surface area contributed by atoms with E-state index in [9.17, 15) is 128 Å². The third kappa shape index (κ3) is 15.7. The van der Waals surface area contributed by atoms with E-state index in [0.29, 0.717) is 0 Å². The summed E-state index contributed by atoms with van der Waals surface area (Å²) in [5, 5.41) is 280. The zero-order valence-electron chi connectivity index (χ0n) is 51.5. The first-order valence-corrected chi connectivity index (χ1v) is 31.3. The fourth-order valence-electron chi connectivity index (χ4n) is 13.1. The molecule has 23 fully saturated rings. The highest BCUT2D eigenvalue weighted by Crippen LogP contribution is 2.40. The highest BCUT2D eigenvalue weighted by Gasteiger charge is 2.61. The molecule has 14 bridgehead atoms. The Labute approximate surface area is 548 Å². The minimum absolute atomic E-state index is 0.946. The van der Waals surface area contributed by atoms with Gasteiger partial charge in [-0.15, -0.1) is 0 Å². The summed E-state index contributed by atoms with van der Waals surface area (Å²) in [6, 6.07) is 0. The number of hydrogen-bond acceptors (Lipinski definition) is 43. The number of ether oxygens (including phenoxy) is 18. The molecular formula is C54H90O43. The summed E-state index contributed by atoms with van der Waals surface area (Å²) in [6.07, 6.45) is -91.7. The molecule has 97 heavy (non-hydrogen) atoms. The minimum Gasteiger partial charge on any atom is -0.394 e. The molecule has 43 nitrogen and oxygen atoms in total. The molecule has 0 aromatic carbocycles. The molecule has 0 spiro atoms. The monoisotopic (exact) mass is 1430 g/mol. The smallest absolute Gasteiger partial charge is 0.187 e. The lowest BCUT2D eigenvalue weighted by molar-refractivity contribution is -0.400. The molecule has 45 atom stereocenters. The predicted molar refractivity (Wildman–Crippen MR) is 291 cm³/mol. The van der Waals surface area contributed by atoms with E-state index in [1.807, 2.05) is 0 Å². The van der Waals surface area contributed by atoms with Crippen molar-refractivity contribution < 1.29 is 213 Å². The molecule has 0 aromatic heterocycles. The molecule has 0 saturated carbocycles. The van der Waals surface area contributed by atoms with E-state index in [4.69, 9.17) is 85.3 Å². The molecule has 0 aromatic rings. The topological polar surface area (TPSA) is 672 Å². The first kappa shape index (κ1) is 77.9. The standard InChI is InChI=1S/C54H90O43/c1-10-19(60)21(62)30(71)46(82-10)80-8-17-44-29(70)38(79)54(90-17)95-43-16(7-59)88-52(36(77)27(43)68)97-45-18(9-81-47-31(72)22(63)20(61)11(2)83-47)89-53(37(78)28(45)69)94-42-15(6-58)86-50(34(75)25(42)66)92-40-13(4-56)84-48(32(73)23(40)64)91-39-12(3-55)85-49(33(74)24(39)65)93-41-14(5-57)87-51(96-44)35(76)26(41)67/h10-79H,3-9H2,1-2H3/t10-,11-,12+,13+,14+,15+,16+,17+,18+,19+,20+,21+,22+,23+,24+,25+,26+,27+,28+,29+,30-,31-,32+,33+,34+,35+,36+,37+,38+,39+,40+,41+,42+,43+,44+,45+,46-,47-,48+,49+,50+,51+,52+,53+,54+/m0/s1. The fourth-order valence-corrected chi connectivity index (χ4v) is 13.1. The third-order valence-corrected chi connectivity index (χ3v) is 18.9. The third-order valence-electron chi connectivity index (χ3n) is 18.9. The molecule has 0 unspecified atom stereocenters. The second-order valence-electron chi connectivity index (χ2n) is 25.3. The van der Waals surface area contributed by atoms with Gasteiger partial charge in [0.05, 0.1) is 58.5 Å². The Bertz CT molecular complexity index is 2390. The second-order valence-corrected chi connectivity index (χ2v) is 25.3. The van der Waals surface area contributed by atoms with Gasteiger partial charge >= 0.3 is 0 Å². The zero-order valence-corrected chi connectivity index (χ0v) is 51.5. The number of rotatable bonds is 11. The van der Waals surface area contributed by atoms with Crippen LogP contribution in [-0.2, 0) is 85.3 Å². The molecule has 23 aliphatic rings. The van der Waals surface area contributed by atoms with E-state index in [2.05, 4.69) is 0 Å². The van der Waals surface area contributed by atoms with E-state index < -0.39 is 323 Å². The van der Waals surface area contributed by atoms with Crippen LogP contribution in [0, 0.1) is 0 Å². The van der Waals surface area contributed by atoms with Crippen LogP contribution in [0.5, 0.6) is 0 Å². The Morgan fingerprint density at radius 2 is 0.371 bits per heavy atom. The summed E-state index contributed by atoms with van der Waals surface area (Å²) in [5.41, 5.74) is 0. The Hall–Kier alpha value is -1.72. The molecule has 43 heteroatoms. The van der Waals surface area contributed by atoms with Crippen molar-refractivity contribution in [2.24, 2.45) is 0 Å². The highest BCUT2D eigenvalue weighted by atomic mass is 16.8. The quantitative estimate of drug-likeness (QED) is 0.0913. The first-order chi connectivity index (χ1) is 46.0. The minimum atomic E-state index is -2.38. The van der Waals surface area contributed by atoms with Crippen LogP contribution in [0.25, 0.3) is 0 Å². The van der Waals surface area contributed by atoms with Gasteiger partial charge < -0.3 is 213 Å². The van der Waals surface area contributed by atoms with Crippen LogP contribution >= 0.6 is 0 Å². The van der Waals surface area contributed by atoms with Gasteiger partial charge in [0.1, 0.15) is 208 Å². The van der Waals surface area contributed by atoms with Crippen LogP contribution in [0.1, 0.15) is 13.8 Å². The lowest BCUT2D eigenvalue weighted by atomic mass is 9.95. The molecule has 23 aliphatic heterocycles. The lowest BCUT2D eigenvalue weighted by Gasteiger charge is -2.50. The van der Waals surface area contributed by atoms with E-state index >= 15 is 0 Å². The maximum atomic E-state index is 11.9. The van der Waals surface area contributed by atoms with Crippen molar-refractivity contribution in [3.63, 3.8) is 0 Å². The molecule has 25 N–H and O–H groups in total. The van der Waals surface area contributed by atoms with E-state index in [1.165, 1.54) is 13.8 Å². The van der Waals surface area contributed by atoms with Crippen molar-refractivity contribution >= 4 is 0 Å². The highest BCUT2D eigenvalue weighted by molar-refractivity contribution is 5.03. The zero-order chi connectivity index (χ0) is 70.7. The number of aliphatic hydroxyl groups excluding tert-OH is 25. The van der Waals surface area contributed by atoms with E-state index in [1.54, 1.807) is 0 Å². The fraction of sp³-hybridized carbons (Fsp3) is 1.00. The van der Waals surface area contributed by atoms with Gasteiger partial charge in [0, 0.05) is 0 Å². The van der Waals surface area contributed by atoms with Crippen LogP contribution in [0.4, 0.5) is 0 Å². The number of hydrogen-bond donors (Lipinski definition) is 25. The average Bonchev–Trinajstić information content (AvgIpc) is 0.784. The molecular weight excluding hydrogens is 1340 g/mol. The van der Waals surface area contributed by atoms with Gasteiger partial charge in [0.15, 0.2) is 56.6 Å². The Balaban J connectivity index is 0.971. The normalized spacial score (nSPS) is 56.0. The van der Waals surface area contributed by atoms with Crippen molar-refractivity contribution in [3.05, 3.63) is 0 Å². The van der Waals surface area contributed by atoms with Crippen LogP contribution in [0.2, 0.25) is 0 Å². The summed E-state index contributed by atoms with van der Waals surface area (Å²) >= 11 is 0.